The normalized spacial score (nSPS) is 26.8. The van der Waals surface area contributed by atoms with Gasteiger partial charge in [0.05, 0.1) is 5.69 Å². The molecular weight excluding hydrogens is 273 g/mol. The van der Waals surface area contributed by atoms with E-state index in [2.05, 4.69) is 5.32 Å². The highest BCUT2D eigenvalue weighted by molar-refractivity contribution is 6.00. The number of anilines is 1. The van der Waals surface area contributed by atoms with Crippen molar-refractivity contribution in [2.24, 2.45) is 17.8 Å². The van der Waals surface area contributed by atoms with E-state index in [0.29, 0.717) is 18.3 Å². The Balaban J connectivity index is 1.68. The Hall–Kier alpha value is -1.91. The zero-order chi connectivity index (χ0) is 15.0. The molecule has 1 amide bonds. The Morgan fingerprint density at radius 2 is 2.10 bits per heavy atom. The van der Waals surface area contributed by atoms with Crippen LogP contribution in [0.5, 0.6) is 0 Å². The molecule has 112 valence electrons. The van der Waals surface area contributed by atoms with Crippen molar-refractivity contribution in [3.05, 3.63) is 29.6 Å². The third-order valence-electron chi connectivity index (χ3n) is 4.83. The van der Waals surface area contributed by atoms with Gasteiger partial charge < -0.3 is 10.4 Å². The quantitative estimate of drug-likeness (QED) is 0.894. The molecule has 4 nitrogen and oxygen atoms in total. The van der Waals surface area contributed by atoms with Crippen molar-refractivity contribution in [3.8, 4) is 0 Å². The minimum absolute atomic E-state index is 0.0376. The summed E-state index contributed by atoms with van der Waals surface area (Å²) in [7, 11) is 0. The summed E-state index contributed by atoms with van der Waals surface area (Å²) in [5.41, 5.74) is -0.436. The van der Waals surface area contributed by atoms with Crippen LogP contribution in [-0.4, -0.2) is 17.0 Å². The molecule has 1 aromatic carbocycles. The summed E-state index contributed by atoms with van der Waals surface area (Å²) in [6.07, 6.45) is 5.18. The number of carbonyl (C=O) groups is 2. The van der Waals surface area contributed by atoms with Crippen molar-refractivity contribution in [2.75, 3.05) is 5.32 Å². The molecule has 21 heavy (non-hydrogen) atoms. The molecule has 1 aromatic rings. The van der Waals surface area contributed by atoms with Crippen LogP contribution in [0.2, 0.25) is 0 Å². The molecule has 3 unspecified atom stereocenters. The van der Waals surface area contributed by atoms with E-state index in [9.17, 15) is 14.0 Å². The summed E-state index contributed by atoms with van der Waals surface area (Å²) < 4.78 is 13.5. The second-order valence-corrected chi connectivity index (χ2v) is 6.15. The van der Waals surface area contributed by atoms with Gasteiger partial charge in [0.1, 0.15) is 11.4 Å². The third-order valence-corrected chi connectivity index (χ3v) is 4.83. The lowest BCUT2D eigenvalue weighted by Gasteiger charge is -2.21. The number of amides is 1. The fourth-order valence-corrected chi connectivity index (χ4v) is 3.91. The molecule has 0 spiro atoms. The Labute approximate surface area is 122 Å². The molecule has 2 saturated carbocycles. The van der Waals surface area contributed by atoms with Gasteiger partial charge >= 0.3 is 5.97 Å². The maximum absolute atomic E-state index is 13.5. The van der Waals surface area contributed by atoms with E-state index in [1.807, 2.05) is 0 Å². The molecule has 2 bridgehead atoms. The molecule has 3 atom stereocenters. The highest BCUT2D eigenvalue weighted by Gasteiger charge is 2.40. The number of rotatable bonds is 4. The molecule has 0 aromatic heterocycles. The first kappa shape index (κ1) is 14.0. The summed E-state index contributed by atoms with van der Waals surface area (Å²) in [5.74, 6) is -0.640. The highest BCUT2D eigenvalue weighted by Crippen LogP contribution is 2.49. The lowest BCUT2D eigenvalue weighted by atomic mass is 9.86. The Morgan fingerprint density at radius 1 is 1.29 bits per heavy atom. The smallest absolute Gasteiger partial charge is 0.340 e. The van der Waals surface area contributed by atoms with Crippen LogP contribution in [0.4, 0.5) is 10.1 Å². The minimum Gasteiger partial charge on any atom is -0.478 e. The van der Waals surface area contributed by atoms with Gasteiger partial charge in [-0.15, -0.1) is 0 Å². The Kier molecular flexibility index (Phi) is 3.66. The second kappa shape index (κ2) is 5.47. The van der Waals surface area contributed by atoms with Gasteiger partial charge in [0.25, 0.3) is 0 Å². The van der Waals surface area contributed by atoms with Gasteiger partial charge in [-0.1, -0.05) is 12.5 Å². The van der Waals surface area contributed by atoms with E-state index in [0.717, 1.165) is 18.4 Å². The number of fused-ring (bicyclic) bond motifs is 2. The average Bonchev–Trinajstić information content (AvgIpc) is 3.00. The summed E-state index contributed by atoms with van der Waals surface area (Å²) in [5, 5.41) is 11.6. The molecule has 0 aliphatic heterocycles. The zero-order valence-corrected chi connectivity index (χ0v) is 11.6. The van der Waals surface area contributed by atoms with E-state index < -0.39 is 17.3 Å². The van der Waals surface area contributed by atoms with Gasteiger partial charge in [-0.05, 0) is 49.1 Å². The lowest BCUT2D eigenvalue weighted by molar-refractivity contribution is -0.117. The van der Waals surface area contributed by atoms with Crippen LogP contribution in [0.1, 0.15) is 42.5 Å². The van der Waals surface area contributed by atoms with Gasteiger partial charge in [-0.25, -0.2) is 9.18 Å². The van der Waals surface area contributed by atoms with Gasteiger partial charge in [-0.2, -0.15) is 0 Å². The molecule has 0 heterocycles. The van der Waals surface area contributed by atoms with Gasteiger partial charge in [-0.3, -0.25) is 4.79 Å². The molecule has 0 radical (unpaired) electrons. The standard InChI is InChI=1S/C16H18FNO3/c17-12-2-1-3-13(15(12)16(20)21)18-14(19)8-11-7-9-4-5-10(11)6-9/h1-3,9-11H,4-8H2,(H,18,19)(H,20,21). The van der Waals surface area contributed by atoms with Crippen molar-refractivity contribution in [2.45, 2.75) is 32.1 Å². The molecule has 5 heteroatoms. The molecule has 0 saturated heterocycles. The maximum atomic E-state index is 13.5. The van der Waals surface area contributed by atoms with Gasteiger partial charge in [0.2, 0.25) is 5.91 Å². The van der Waals surface area contributed by atoms with E-state index in [1.165, 1.54) is 31.4 Å². The summed E-state index contributed by atoms with van der Waals surface area (Å²) in [6, 6.07) is 3.90. The molecular formula is C16H18FNO3. The van der Waals surface area contributed by atoms with Gasteiger partial charge in [0, 0.05) is 6.42 Å². The third kappa shape index (κ3) is 2.77. The number of hydrogen-bond donors (Lipinski definition) is 2. The minimum atomic E-state index is -1.37. The first-order valence-corrected chi connectivity index (χ1v) is 7.36. The SMILES string of the molecule is O=C(CC1CC2CCC1C2)Nc1cccc(F)c1C(=O)O. The number of carboxylic acids is 1. The number of benzene rings is 1. The fraction of sp³-hybridized carbons (Fsp3) is 0.500. The van der Waals surface area contributed by atoms with Crippen LogP contribution in [0.15, 0.2) is 18.2 Å². The fourth-order valence-electron chi connectivity index (χ4n) is 3.91. The van der Waals surface area contributed by atoms with Crippen LogP contribution in [0, 0.1) is 23.6 Å². The van der Waals surface area contributed by atoms with Crippen LogP contribution < -0.4 is 5.32 Å². The molecule has 2 fully saturated rings. The molecule has 2 N–H and O–H groups in total. The van der Waals surface area contributed by atoms with Crippen LogP contribution in [0.3, 0.4) is 0 Å². The monoisotopic (exact) mass is 291 g/mol. The van der Waals surface area contributed by atoms with E-state index in [1.54, 1.807) is 0 Å². The number of nitrogens with one attached hydrogen (secondary N) is 1. The maximum Gasteiger partial charge on any atom is 0.340 e. The van der Waals surface area contributed by atoms with Crippen molar-refractivity contribution >= 4 is 17.6 Å². The molecule has 2 aliphatic rings. The zero-order valence-electron chi connectivity index (χ0n) is 11.6. The summed E-state index contributed by atoms with van der Waals surface area (Å²) in [4.78, 5) is 23.2. The number of carboxylic acid groups (broad SMARTS) is 1. The number of aromatic carboxylic acids is 1. The highest BCUT2D eigenvalue weighted by atomic mass is 19.1. The second-order valence-electron chi connectivity index (χ2n) is 6.15. The summed E-state index contributed by atoms with van der Waals surface area (Å²) in [6.45, 7) is 0. The van der Waals surface area contributed by atoms with E-state index in [4.69, 9.17) is 5.11 Å². The summed E-state index contributed by atoms with van der Waals surface area (Å²) >= 11 is 0. The molecule has 2 aliphatic carbocycles. The Morgan fingerprint density at radius 3 is 2.71 bits per heavy atom. The van der Waals surface area contributed by atoms with Crippen molar-refractivity contribution in [1.29, 1.82) is 0 Å². The van der Waals surface area contributed by atoms with E-state index >= 15 is 0 Å². The van der Waals surface area contributed by atoms with E-state index in [-0.39, 0.29) is 11.6 Å². The topological polar surface area (TPSA) is 66.4 Å². The predicted octanol–water partition coefficient (Wildman–Crippen LogP) is 3.29. The number of hydrogen-bond acceptors (Lipinski definition) is 2. The Bertz CT molecular complexity index is 587. The van der Waals surface area contributed by atoms with Crippen molar-refractivity contribution < 1.29 is 19.1 Å². The largest absolute Gasteiger partial charge is 0.478 e. The molecule has 3 rings (SSSR count). The van der Waals surface area contributed by atoms with Crippen molar-refractivity contribution in [3.63, 3.8) is 0 Å². The number of carbonyl (C=O) groups excluding carboxylic acids is 1. The van der Waals surface area contributed by atoms with Crippen LogP contribution in [0.25, 0.3) is 0 Å². The van der Waals surface area contributed by atoms with Crippen molar-refractivity contribution in [1.82, 2.24) is 0 Å². The van der Waals surface area contributed by atoms with Crippen LogP contribution in [-0.2, 0) is 4.79 Å². The first-order valence-electron chi connectivity index (χ1n) is 7.36. The predicted molar refractivity (Wildman–Crippen MR) is 75.5 cm³/mol. The van der Waals surface area contributed by atoms with Crippen LogP contribution >= 0.6 is 0 Å². The lowest BCUT2D eigenvalue weighted by Crippen LogP contribution is -2.21. The first-order chi connectivity index (χ1) is 10.0. The average molecular weight is 291 g/mol. The van der Waals surface area contributed by atoms with Gasteiger partial charge in [0.15, 0.2) is 0 Å². The number of halogens is 1.